The van der Waals surface area contributed by atoms with Gasteiger partial charge in [-0.2, -0.15) is 5.26 Å². The number of hydrogen-bond donors (Lipinski definition) is 0. The quantitative estimate of drug-likeness (QED) is 0.622. The smallest absolute Gasteiger partial charge is 0.0997 e. The molecular weight excluding hydrogens is 266 g/mol. The minimum absolute atomic E-state index is 0.268. The summed E-state index contributed by atoms with van der Waals surface area (Å²) in [5.41, 5.74) is 6.13. The molecular formula is C21H25N. The molecule has 1 aromatic carbocycles. The standard InChI is InChI=1S/C21H25N/c1-16(14-18-9-5-6-10-19(18)15-22)11-12-20-17(2)8-7-13-21(20,3)4/h5-6,9-12,14H,7-8,13H2,1-4H3/b12-11+,16-14+. The molecule has 0 fully saturated rings. The Kier molecular flexibility index (Phi) is 5.03. The minimum Gasteiger partial charge on any atom is -0.192 e. The third kappa shape index (κ3) is 3.77. The lowest BCUT2D eigenvalue weighted by Gasteiger charge is -2.32. The molecule has 0 atom stereocenters. The predicted molar refractivity (Wildman–Crippen MR) is 94.3 cm³/mol. The van der Waals surface area contributed by atoms with Crippen molar-refractivity contribution >= 4 is 6.08 Å². The number of benzene rings is 1. The van der Waals surface area contributed by atoms with Gasteiger partial charge in [-0.3, -0.25) is 0 Å². The van der Waals surface area contributed by atoms with Crippen LogP contribution in [-0.4, -0.2) is 0 Å². The summed E-state index contributed by atoms with van der Waals surface area (Å²) in [6.07, 6.45) is 10.3. The Morgan fingerprint density at radius 1 is 1.27 bits per heavy atom. The van der Waals surface area contributed by atoms with Crippen LogP contribution >= 0.6 is 0 Å². The predicted octanol–water partition coefficient (Wildman–Crippen LogP) is 6.04. The topological polar surface area (TPSA) is 23.8 Å². The molecule has 0 unspecified atom stereocenters. The molecule has 0 aromatic heterocycles. The SMILES string of the molecule is CC1=C(/C=C/C(C)=C/c2ccccc2C#N)C(C)(C)CCC1. The highest BCUT2D eigenvalue weighted by Crippen LogP contribution is 2.40. The van der Waals surface area contributed by atoms with Crippen molar-refractivity contribution in [3.63, 3.8) is 0 Å². The van der Waals surface area contributed by atoms with E-state index < -0.39 is 0 Å². The van der Waals surface area contributed by atoms with Crippen LogP contribution in [0, 0.1) is 16.7 Å². The molecule has 0 N–H and O–H groups in total. The van der Waals surface area contributed by atoms with Gasteiger partial charge in [-0.1, -0.05) is 61.4 Å². The zero-order chi connectivity index (χ0) is 16.2. The van der Waals surface area contributed by atoms with E-state index >= 15 is 0 Å². The van der Waals surface area contributed by atoms with E-state index in [0.29, 0.717) is 0 Å². The maximum absolute atomic E-state index is 9.16. The van der Waals surface area contributed by atoms with E-state index in [4.69, 9.17) is 5.26 Å². The molecule has 0 saturated heterocycles. The summed E-state index contributed by atoms with van der Waals surface area (Å²) in [5, 5.41) is 9.16. The van der Waals surface area contributed by atoms with Crippen molar-refractivity contribution in [3.05, 3.63) is 64.3 Å². The van der Waals surface area contributed by atoms with E-state index in [9.17, 15) is 0 Å². The molecule has 1 heteroatoms. The van der Waals surface area contributed by atoms with Crippen LogP contribution in [0.4, 0.5) is 0 Å². The third-order valence-electron chi connectivity index (χ3n) is 4.52. The van der Waals surface area contributed by atoms with Crippen LogP contribution in [0.15, 0.2) is 53.1 Å². The normalized spacial score (nSPS) is 18.6. The molecule has 2 rings (SSSR count). The van der Waals surface area contributed by atoms with Crippen LogP contribution in [0.2, 0.25) is 0 Å². The average Bonchev–Trinajstić information content (AvgIpc) is 2.46. The van der Waals surface area contributed by atoms with E-state index in [-0.39, 0.29) is 5.41 Å². The first-order chi connectivity index (χ1) is 10.4. The summed E-state index contributed by atoms with van der Waals surface area (Å²) >= 11 is 0. The average molecular weight is 291 g/mol. The Hall–Kier alpha value is -2.07. The van der Waals surface area contributed by atoms with E-state index in [2.05, 4.69) is 52.0 Å². The molecule has 1 aromatic rings. The lowest BCUT2D eigenvalue weighted by molar-refractivity contribution is 0.377. The lowest BCUT2D eigenvalue weighted by atomic mass is 9.72. The number of nitrogens with zero attached hydrogens (tertiary/aromatic N) is 1. The van der Waals surface area contributed by atoms with Crippen LogP contribution in [0.5, 0.6) is 0 Å². The highest BCUT2D eigenvalue weighted by molar-refractivity contribution is 5.62. The van der Waals surface area contributed by atoms with Gasteiger partial charge >= 0.3 is 0 Å². The van der Waals surface area contributed by atoms with Crippen molar-refractivity contribution in [2.75, 3.05) is 0 Å². The summed E-state index contributed by atoms with van der Waals surface area (Å²) in [4.78, 5) is 0. The molecule has 1 aliphatic rings. The molecule has 1 aliphatic carbocycles. The van der Waals surface area contributed by atoms with E-state index in [1.165, 1.54) is 36.0 Å². The molecule has 0 radical (unpaired) electrons. The first-order valence-electron chi connectivity index (χ1n) is 8.00. The van der Waals surface area contributed by atoms with Gasteiger partial charge in [0.05, 0.1) is 11.6 Å². The van der Waals surface area contributed by atoms with Gasteiger partial charge in [0.2, 0.25) is 0 Å². The second-order valence-electron chi connectivity index (χ2n) is 6.85. The largest absolute Gasteiger partial charge is 0.192 e. The van der Waals surface area contributed by atoms with E-state index in [0.717, 1.165) is 11.1 Å². The highest BCUT2D eigenvalue weighted by Gasteiger charge is 2.26. The molecule has 0 spiro atoms. The van der Waals surface area contributed by atoms with Crippen molar-refractivity contribution in [2.45, 2.75) is 47.0 Å². The summed E-state index contributed by atoms with van der Waals surface area (Å²) in [6.45, 7) is 9.01. The molecule has 0 saturated carbocycles. The van der Waals surface area contributed by atoms with Crippen molar-refractivity contribution in [1.82, 2.24) is 0 Å². The number of allylic oxidation sites excluding steroid dienone is 5. The van der Waals surface area contributed by atoms with E-state index in [1.54, 1.807) is 0 Å². The van der Waals surface area contributed by atoms with Crippen molar-refractivity contribution in [1.29, 1.82) is 5.26 Å². The Morgan fingerprint density at radius 2 is 2.00 bits per heavy atom. The molecule has 0 amide bonds. The van der Waals surface area contributed by atoms with Gasteiger partial charge in [0.1, 0.15) is 0 Å². The number of hydrogen-bond acceptors (Lipinski definition) is 1. The van der Waals surface area contributed by atoms with Crippen LogP contribution in [-0.2, 0) is 0 Å². The fourth-order valence-electron chi connectivity index (χ4n) is 3.24. The van der Waals surface area contributed by atoms with Gasteiger partial charge in [0.15, 0.2) is 0 Å². The summed E-state index contributed by atoms with van der Waals surface area (Å²) < 4.78 is 0. The zero-order valence-electron chi connectivity index (χ0n) is 14.1. The summed E-state index contributed by atoms with van der Waals surface area (Å²) in [5.74, 6) is 0. The Balaban J connectivity index is 2.26. The first kappa shape index (κ1) is 16.3. The number of nitriles is 1. The molecule has 0 heterocycles. The zero-order valence-corrected chi connectivity index (χ0v) is 14.1. The van der Waals surface area contributed by atoms with Gasteiger partial charge in [0.25, 0.3) is 0 Å². The van der Waals surface area contributed by atoms with Crippen LogP contribution in [0.1, 0.15) is 58.1 Å². The van der Waals surface area contributed by atoms with Gasteiger partial charge in [-0.25, -0.2) is 0 Å². The Labute approximate surface area is 134 Å². The molecule has 0 aliphatic heterocycles. The van der Waals surface area contributed by atoms with Crippen LogP contribution in [0.25, 0.3) is 6.08 Å². The number of rotatable bonds is 3. The second-order valence-corrected chi connectivity index (χ2v) is 6.85. The molecule has 0 bridgehead atoms. The van der Waals surface area contributed by atoms with Gasteiger partial charge < -0.3 is 0 Å². The van der Waals surface area contributed by atoms with Crippen molar-refractivity contribution in [2.24, 2.45) is 5.41 Å². The monoisotopic (exact) mass is 291 g/mol. The van der Waals surface area contributed by atoms with Crippen molar-refractivity contribution in [3.8, 4) is 6.07 Å². The summed E-state index contributed by atoms with van der Waals surface area (Å²) in [7, 11) is 0. The molecule has 114 valence electrons. The minimum atomic E-state index is 0.268. The Morgan fingerprint density at radius 3 is 2.68 bits per heavy atom. The lowest BCUT2D eigenvalue weighted by Crippen LogP contribution is -2.19. The highest BCUT2D eigenvalue weighted by atomic mass is 14.3. The third-order valence-corrected chi connectivity index (χ3v) is 4.52. The maximum Gasteiger partial charge on any atom is 0.0997 e. The van der Waals surface area contributed by atoms with Crippen molar-refractivity contribution < 1.29 is 0 Å². The first-order valence-corrected chi connectivity index (χ1v) is 8.00. The summed E-state index contributed by atoms with van der Waals surface area (Å²) in [6, 6.07) is 9.98. The van der Waals surface area contributed by atoms with Gasteiger partial charge in [0, 0.05) is 0 Å². The fourth-order valence-corrected chi connectivity index (χ4v) is 3.24. The maximum atomic E-state index is 9.16. The second kappa shape index (κ2) is 6.79. The van der Waals surface area contributed by atoms with Gasteiger partial charge in [-0.15, -0.1) is 0 Å². The van der Waals surface area contributed by atoms with Gasteiger partial charge in [-0.05, 0) is 55.7 Å². The Bertz CT molecular complexity index is 678. The van der Waals surface area contributed by atoms with Crippen LogP contribution < -0.4 is 0 Å². The van der Waals surface area contributed by atoms with E-state index in [1.807, 2.05) is 24.3 Å². The molecule has 1 nitrogen and oxygen atoms in total. The molecule has 22 heavy (non-hydrogen) atoms. The van der Waals surface area contributed by atoms with Crippen LogP contribution in [0.3, 0.4) is 0 Å². The fraction of sp³-hybridized carbons (Fsp3) is 0.381.